The number of carbonyl (C=O) groups excluding carboxylic acids is 1. The second kappa shape index (κ2) is 8.42. The zero-order valence-electron chi connectivity index (χ0n) is 15.9. The fourth-order valence-electron chi connectivity index (χ4n) is 3.72. The van der Waals surface area contributed by atoms with Crippen LogP contribution in [0.4, 0.5) is 18.9 Å². The highest BCUT2D eigenvalue weighted by Gasteiger charge is 2.21. The average Bonchev–Trinajstić information content (AvgIpc) is 3.18. The number of hydrogen-bond acceptors (Lipinski definition) is 4. The van der Waals surface area contributed by atoms with Gasteiger partial charge in [-0.25, -0.2) is 13.2 Å². The number of halogens is 3. The summed E-state index contributed by atoms with van der Waals surface area (Å²) < 4.78 is 45.5. The first-order valence-corrected chi connectivity index (χ1v) is 9.62. The van der Waals surface area contributed by atoms with Gasteiger partial charge >= 0.3 is 0 Å². The number of anilines is 1. The van der Waals surface area contributed by atoms with Crippen LogP contribution in [-0.4, -0.2) is 55.0 Å². The molecule has 2 aromatic carbocycles. The normalized spacial score (nSPS) is 17.1. The van der Waals surface area contributed by atoms with Gasteiger partial charge in [-0.15, -0.1) is 0 Å². The van der Waals surface area contributed by atoms with E-state index in [9.17, 15) is 18.0 Å². The van der Waals surface area contributed by atoms with E-state index in [0.717, 1.165) is 50.5 Å². The molecule has 2 aliphatic heterocycles. The highest BCUT2D eigenvalue weighted by Crippen LogP contribution is 2.26. The molecule has 1 N–H and O–H groups in total. The molecule has 0 atom stereocenters. The number of benzene rings is 2. The number of carbonyl (C=O) groups is 1. The zero-order valence-corrected chi connectivity index (χ0v) is 15.9. The number of hydrogen-bond donors (Lipinski definition) is 1. The van der Waals surface area contributed by atoms with Crippen LogP contribution in [0.3, 0.4) is 0 Å². The van der Waals surface area contributed by atoms with E-state index in [1.54, 1.807) is 0 Å². The minimum Gasteiger partial charge on any atom is -0.493 e. The van der Waals surface area contributed by atoms with Crippen molar-refractivity contribution in [3.63, 3.8) is 0 Å². The lowest BCUT2D eigenvalue weighted by Gasteiger charge is -2.34. The van der Waals surface area contributed by atoms with Gasteiger partial charge in [0.1, 0.15) is 5.75 Å². The summed E-state index contributed by atoms with van der Waals surface area (Å²) in [7, 11) is 0. The van der Waals surface area contributed by atoms with E-state index in [0.29, 0.717) is 13.1 Å². The molecule has 4 rings (SSSR count). The molecule has 5 nitrogen and oxygen atoms in total. The molecular formula is C21H22F3N3O2. The van der Waals surface area contributed by atoms with Gasteiger partial charge in [-0.1, -0.05) is 12.1 Å². The largest absolute Gasteiger partial charge is 0.493 e. The molecule has 29 heavy (non-hydrogen) atoms. The first kappa shape index (κ1) is 19.7. The molecule has 0 radical (unpaired) electrons. The van der Waals surface area contributed by atoms with Crippen LogP contribution in [0.15, 0.2) is 30.3 Å². The Hall–Kier alpha value is -2.58. The summed E-state index contributed by atoms with van der Waals surface area (Å²) >= 11 is 0. The van der Waals surface area contributed by atoms with Crippen molar-refractivity contribution in [2.24, 2.45) is 0 Å². The minimum absolute atomic E-state index is 0.0719. The maximum Gasteiger partial charge on any atom is 0.238 e. The molecule has 0 aliphatic carbocycles. The lowest BCUT2D eigenvalue weighted by atomic mass is 10.1. The molecule has 1 amide bonds. The predicted octanol–water partition coefficient (Wildman–Crippen LogP) is 2.80. The lowest BCUT2D eigenvalue weighted by molar-refractivity contribution is -0.117. The van der Waals surface area contributed by atoms with Gasteiger partial charge in [0.2, 0.25) is 5.91 Å². The van der Waals surface area contributed by atoms with Crippen LogP contribution in [0.25, 0.3) is 0 Å². The van der Waals surface area contributed by atoms with E-state index in [-0.39, 0.29) is 12.2 Å². The van der Waals surface area contributed by atoms with Crippen molar-refractivity contribution in [3.8, 4) is 5.75 Å². The molecule has 1 fully saturated rings. The van der Waals surface area contributed by atoms with Gasteiger partial charge in [-0.05, 0) is 29.3 Å². The number of nitrogens with one attached hydrogen (secondary N) is 1. The van der Waals surface area contributed by atoms with E-state index in [4.69, 9.17) is 4.74 Å². The number of piperazine rings is 1. The standard InChI is InChI=1S/C21H22F3N3O2/c22-16-2-3-17(21(24)20(16)23)25-19(28)13-27-8-6-26(7-9-27)12-14-1-4-18-15(11-14)5-10-29-18/h1-4,11H,5-10,12-13H2,(H,25,28). The highest BCUT2D eigenvalue weighted by atomic mass is 19.2. The Morgan fingerprint density at radius 1 is 1.00 bits per heavy atom. The maximum absolute atomic E-state index is 13.7. The van der Waals surface area contributed by atoms with Crippen molar-refractivity contribution in [1.82, 2.24) is 9.80 Å². The predicted molar refractivity (Wildman–Crippen MR) is 102 cm³/mol. The summed E-state index contributed by atoms with van der Waals surface area (Å²) in [4.78, 5) is 16.4. The molecule has 0 aromatic heterocycles. The Kier molecular flexibility index (Phi) is 5.73. The van der Waals surface area contributed by atoms with Crippen LogP contribution >= 0.6 is 0 Å². The van der Waals surface area contributed by atoms with E-state index >= 15 is 0 Å². The Balaban J connectivity index is 1.25. The van der Waals surface area contributed by atoms with Crippen molar-refractivity contribution in [2.75, 3.05) is 44.6 Å². The molecule has 0 spiro atoms. The molecular weight excluding hydrogens is 383 g/mol. The fourth-order valence-corrected chi connectivity index (χ4v) is 3.72. The van der Waals surface area contributed by atoms with Crippen molar-refractivity contribution in [1.29, 1.82) is 0 Å². The quantitative estimate of drug-likeness (QED) is 0.778. The van der Waals surface area contributed by atoms with Gasteiger partial charge in [0, 0.05) is 39.1 Å². The summed E-state index contributed by atoms with van der Waals surface area (Å²) in [5.74, 6) is -3.74. The molecule has 8 heteroatoms. The van der Waals surface area contributed by atoms with Gasteiger partial charge < -0.3 is 10.1 Å². The Morgan fingerprint density at radius 3 is 2.55 bits per heavy atom. The monoisotopic (exact) mass is 405 g/mol. The van der Waals surface area contributed by atoms with E-state index in [1.807, 2.05) is 11.0 Å². The molecule has 1 saturated heterocycles. The van der Waals surface area contributed by atoms with Crippen LogP contribution in [0, 0.1) is 17.5 Å². The van der Waals surface area contributed by atoms with Gasteiger partial charge in [0.15, 0.2) is 17.5 Å². The lowest BCUT2D eigenvalue weighted by Crippen LogP contribution is -2.48. The number of amides is 1. The van der Waals surface area contributed by atoms with Gasteiger partial charge in [0.05, 0.1) is 18.8 Å². The summed E-state index contributed by atoms with van der Waals surface area (Å²) in [5, 5.41) is 2.31. The molecule has 0 saturated carbocycles. The van der Waals surface area contributed by atoms with E-state index in [2.05, 4.69) is 22.3 Å². The highest BCUT2D eigenvalue weighted by molar-refractivity contribution is 5.92. The fraction of sp³-hybridized carbons (Fsp3) is 0.381. The molecule has 0 unspecified atom stereocenters. The molecule has 0 bridgehead atoms. The molecule has 2 aliphatic rings. The SMILES string of the molecule is O=C(CN1CCN(Cc2ccc3c(c2)CCO3)CC1)Nc1ccc(F)c(F)c1F. The Morgan fingerprint density at radius 2 is 1.76 bits per heavy atom. The number of nitrogens with zero attached hydrogens (tertiary/aromatic N) is 2. The third-order valence-electron chi connectivity index (χ3n) is 5.30. The first-order chi connectivity index (χ1) is 14.0. The van der Waals surface area contributed by atoms with Crippen LogP contribution in [0.1, 0.15) is 11.1 Å². The summed E-state index contributed by atoms with van der Waals surface area (Å²) in [6, 6.07) is 8.11. The molecule has 2 heterocycles. The van der Waals surface area contributed by atoms with Crippen molar-refractivity contribution < 1.29 is 22.7 Å². The van der Waals surface area contributed by atoms with Crippen molar-refractivity contribution in [3.05, 3.63) is 58.9 Å². The van der Waals surface area contributed by atoms with Crippen LogP contribution < -0.4 is 10.1 Å². The number of fused-ring (bicyclic) bond motifs is 1. The first-order valence-electron chi connectivity index (χ1n) is 9.62. The number of ether oxygens (including phenoxy) is 1. The maximum atomic E-state index is 13.7. The van der Waals surface area contributed by atoms with E-state index in [1.165, 1.54) is 11.1 Å². The van der Waals surface area contributed by atoms with Crippen molar-refractivity contribution >= 4 is 11.6 Å². The van der Waals surface area contributed by atoms with Crippen LogP contribution in [0.5, 0.6) is 5.75 Å². The summed E-state index contributed by atoms with van der Waals surface area (Å²) in [6.45, 7) is 4.66. The Labute approximate surface area is 167 Å². The zero-order chi connectivity index (χ0) is 20.4. The second-order valence-corrected chi connectivity index (χ2v) is 7.36. The van der Waals surface area contributed by atoms with Crippen LogP contribution in [0.2, 0.25) is 0 Å². The van der Waals surface area contributed by atoms with Gasteiger partial charge in [-0.3, -0.25) is 14.6 Å². The smallest absolute Gasteiger partial charge is 0.238 e. The summed E-state index contributed by atoms with van der Waals surface area (Å²) in [5.41, 5.74) is 2.14. The average molecular weight is 405 g/mol. The third-order valence-corrected chi connectivity index (χ3v) is 5.30. The Bertz CT molecular complexity index is 914. The number of rotatable bonds is 5. The van der Waals surface area contributed by atoms with Gasteiger partial charge in [0.25, 0.3) is 0 Å². The van der Waals surface area contributed by atoms with E-state index < -0.39 is 23.4 Å². The molecule has 154 valence electrons. The molecule has 2 aromatic rings. The third kappa shape index (κ3) is 4.54. The second-order valence-electron chi connectivity index (χ2n) is 7.36. The summed E-state index contributed by atoms with van der Waals surface area (Å²) in [6.07, 6.45) is 0.949. The van der Waals surface area contributed by atoms with Crippen LogP contribution in [-0.2, 0) is 17.8 Å². The topological polar surface area (TPSA) is 44.8 Å². The minimum atomic E-state index is -1.59. The van der Waals surface area contributed by atoms with Gasteiger partial charge in [-0.2, -0.15) is 0 Å². The van der Waals surface area contributed by atoms with Crippen molar-refractivity contribution in [2.45, 2.75) is 13.0 Å².